The monoisotopic (exact) mass is 335 g/mol. The van der Waals surface area contributed by atoms with Gasteiger partial charge in [-0.3, -0.25) is 0 Å². The normalized spacial score (nSPS) is 23.7. The highest BCUT2D eigenvalue weighted by molar-refractivity contribution is 5.70. The second-order valence-electron chi connectivity index (χ2n) is 7.77. The number of likely N-dealkylation sites (tertiary alicyclic amines) is 1. The van der Waals surface area contributed by atoms with Gasteiger partial charge in [-0.05, 0) is 68.7 Å². The third kappa shape index (κ3) is 3.77. The van der Waals surface area contributed by atoms with E-state index in [2.05, 4.69) is 6.08 Å². The zero-order valence-electron chi connectivity index (χ0n) is 14.3. The van der Waals surface area contributed by atoms with Gasteiger partial charge in [-0.1, -0.05) is 12.1 Å². The summed E-state index contributed by atoms with van der Waals surface area (Å²) in [6.07, 6.45) is 3.61. The van der Waals surface area contributed by atoms with Crippen LogP contribution in [0, 0.1) is 23.5 Å². The molecule has 0 spiro atoms. The van der Waals surface area contributed by atoms with Crippen molar-refractivity contribution in [3.05, 3.63) is 41.5 Å². The number of carbonyl (C=O) groups is 1. The standard InChI is InChI=1S/C19H23F2NO2/c1-19(2,3)24-18(23)22-10-12-6-13(11-22)8-15(7-12)14-4-5-16(20)17(21)9-14/h4-5,7,9,12-13H,6,8,10-11H2,1-3H3. The molecule has 2 bridgehead atoms. The third-order valence-electron chi connectivity index (χ3n) is 4.46. The number of allylic oxidation sites excluding steroid dienone is 1. The third-order valence-corrected chi connectivity index (χ3v) is 4.46. The van der Waals surface area contributed by atoms with Crippen molar-refractivity contribution in [2.75, 3.05) is 13.1 Å². The van der Waals surface area contributed by atoms with Gasteiger partial charge in [0.2, 0.25) is 0 Å². The molecule has 1 fully saturated rings. The minimum Gasteiger partial charge on any atom is -0.444 e. The minimum absolute atomic E-state index is 0.230. The first-order valence-electron chi connectivity index (χ1n) is 8.35. The fourth-order valence-corrected chi connectivity index (χ4v) is 3.56. The Morgan fingerprint density at radius 3 is 2.58 bits per heavy atom. The quantitative estimate of drug-likeness (QED) is 0.749. The van der Waals surface area contributed by atoms with E-state index in [0.29, 0.717) is 19.0 Å². The summed E-state index contributed by atoms with van der Waals surface area (Å²) in [4.78, 5) is 14.0. The summed E-state index contributed by atoms with van der Waals surface area (Å²) in [5.41, 5.74) is 1.27. The van der Waals surface area contributed by atoms with Crippen LogP contribution in [0.1, 0.15) is 39.2 Å². The van der Waals surface area contributed by atoms with Gasteiger partial charge in [-0.15, -0.1) is 0 Å². The summed E-state index contributed by atoms with van der Waals surface area (Å²) in [7, 11) is 0. The average Bonchev–Trinajstić information content (AvgIpc) is 2.47. The van der Waals surface area contributed by atoms with Crippen LogP contribution in [0.2, 0.25) is 0 Å². The molecule has 3 nitrogen and oxygen atoms in total. The van der Waals surface area contributed by atoms with E-state index in [1.807, 2.05) is 20.8 Å². The molecule has 0 aromatic heterocycles. The van der Waals surface area contributed by atoms with Crippen LogP contribution in [0.3, 0.4) is 0 Å². The summed E-state index contributed by atoms with van der Waals surface area (Å²) >= 11 is 0. The maximum atomic E-state index is 13.5. The van der Waals surface area contributed by atoms with E-state index in [1.165, 1.54) is 12.1 Å². The van der Waals surface area contributed by atoms with Gasteiger partial charge in [0.1, 0.15) is 5.60 Å². The van der Waals surface area contributed by atoms with E-state index in [1.54, 1.807) is 11.0 Å². The van der Waals surface area contributed by atoms with Crippen LogP contribution >= 0.6 is 0 Å². The highest BCUT2D eigenvalue weighted by atomic mass is 19.2. The van der Waals surface area contributed by atoms with Crippen molar-refractivity contribution in [2.45, 2.75) is 39.2 Å². The van der Waals surface area contributed by atoms with E-state index in [4.69, 9.17) is 4.74 Å². The smallest absolute Gasteiger partial charge is 0.410 e. The Hall–Kier alpha value is -1.91. The predicted octanol–water partition coefficient (Wildman–Crippen LogP) is 4.63. The summed E-state index contributed by atoms with van der Waals surface area (Å²) in [6, 6.07) is 4.05. The van der Waals surface area contributed by atoms with Gasteiger partial charge in [0.25, 0.3) is 0 Å². The van der Waals surface area contributed by atoms with Crippen molar-refractivity contribution in [2.24, 2.45) is 11.8 Å². The topological polar surface area (TPSA) is 29.5 Å². The number of ether oxygens (including phenoxy) is 1. The van der Waals surface area contributed by atoms with Crippen molar-refractivity contribution in [3.8, 4) is 0 Å². The molecule has 5 heteroatoms. The first-order chi connectivity index (χ1) is 11.2. The van der Waals surface area contributed by atoms with Crippen molar-refractivity contribution in [1.82, 2.24) is 4.90 Å². The highest BCUT2D eigenvalue weighted by Gasteiger charge is 2.35. The Morgan fingerprint density at radius 2 is 1.96 bits per heavy atom. The van der Waals surface area contributed by atoms with Crippen molar-refractivity contribution in [1.29, 1.82) is 0 Å². The lowest BCUT2D eigenvalue weighted by molar-refractivity contribution is 0.0121. The number of piperidine rings is 1. The molecule has 1 aromatic rings. The molecule has 2 atom stereocenters. The summed E-state index contributed by atoms with van der Waals surface area (Å²) < 4.78 is 32.1. The highest BCUT2D eigenvalue weighted by Crippen LogP contribution is 2.38. The van der Waals surface area contributed by atoms with Gasteiger partial charge in [0.05, 0.1) is 0 Å². The predicted molar refractivity (Wildman–Crippen MR) is 88.4 cm³/mol. The largest absolute Gasteiger partial charge is 0.444 e. The molecule has 1 saturated heterocycles. The number of fused-ring (bicyclic) bond motifs is 2. The number of hydrogen-bond acceptors (Lipinski definition) is 2. The fourth-order valence-electron chi connectivity index (χ4n) is 3.56. The summed E-state index contributed by atoms with van der Waals surface area (Å²) in [6.45, 7) is 6.83. The Bertz CT molecular complexity index is 678. The molecule has 0 saturated carbocycles. The summed E-state index contributed by atoms with van der Waals surface area (Å²) in [5, 5.41) is 0. The fraction of sp³-hybridized carbons (Fsp3) is 0.526. The maximum Gasteiger partial charge on any atom is 0.410 e. The summed E-state index contributed by atoms with van der Waals surface area (Å²) in [5.74, 6) is -1.09. The van der Waals surface area contributed by atoms with E-state index >= 15 is 0 Å². The number of hydrogen-bond donors (Lipinski definition) is 0. The molecule has 130 valence electrons. The van der Waals surface area contributed by atoms with E-state index in [9.17, 15) is 13.6 Å². The van der Waals surface area contributed by atoms with Gasteiger partial charge in [-0.25, -0.2) is 13.6 Å². The molecule has 1 amide bonds. The Kier molecular flexibility index (Phi) is 4.37. The Morgan fingerprint density at radius 1 is 1.21 bits per heavy atom. The number of benzene rings is 1. The van der Waals surface area contributed by atoms with Gasteiger partial charge >= 0.3 is 6.09 Å². The van der Waals surface area contributed by atoms with Crippen molar-refractivity contribution >= 4 is 11.7 Å². The number of rotatable bonds is 1. The van der Waals surface area contributed by atoms with Crippen molar-refractivity contribution in [3.63, 3.8) is 0 Å². The molecule has 3 rings (SSSR count). The maximum absolute atomic E-state index is 13.5. The zero-order chi connectivity index (χ0) is 17.5. The van der Waals surface area contributed by atoms with Crippen LogP contribution in [0.4, 0.5) is 13.6 Å². The van der Waals surface area contributed by atoms with Crippen LogP contribution < -0.4 is 0 Å². The number of halogens is 2. The Balaban J connectivity index is 1.74. The van der Waals surface area contributed by atoms with Crippen LogP contribution in [0.25, 0.3) is 5.57 Å². The minimum atomic E-state index is -0.827. The second kappa shape index (κ2) is 6.19. The molecule has 2 unspecified atom stereocenters. The van der Waals surface area contributed by atoms with Crippen LogP contribution in [0.5, 0.6) is 0 Å². The van der Waals surface area contributed by atoms with E-state index in [-0.39, 0.29) is 12.0 Å². The first-order valence-corrected chi connectivity index (χ1v) is 8.35. The van der Waals surface area contributed by atoms with Gasteiger partial charge in [-0.2, -0.15) is 0 Å². The molecule has 1 aliphatic carbocycles. The molecule has 1 heterocycles. The molecule has 1 aromatic carbocycles. The molecule has 1 aliphatic heterocycles. The van der Waals surface area contributed by atoms with Gasteiger partial charge < -0.3 is 9.64 Å². The average molecular weight is 335 g/mol. The second-order valence-corrected chi connectivity index (χ2v) is 7.77. The van der Waals surface area contributed by atoms with Gasteiger partial charge in [0, 0.05) is 13.1 Å². The number of amides is 1. The van der Waals surface area contributed by atoms with Crippen LogP contribution in [-0.4, -0.2) is 29.7 Å². The number of nitrogens with zero attached hydrogens (tertiary/aromatic N) is 1. The number of carbonyl (C=O) groups excluding carboxylic acids is 1. The van der Waals surface area contributed by atoms with Crippen molar-refractivity contribution < 1.29 is 18.3 Å². The molecular formula is C19H23F2NO2. The Labute approximate surface area is 141 Å². The molecular weight excluding hydrogens is 312 g/mol. The molecule has 0 radical (unpaired) electrons. The molecule has 0 N–H and O–H groups in total. The lowest BCUT2D eigenvalue weighted by Gasteiger charge is -2.40. The van der Waals surface area contributed by atoms with Gasteiger partial charge in [0.15, 0.2) is 11.6 Å². The lowest BCUT2D eigenvalue weighted by Crippen LogP contribution is -2.46. The molecule has 2 aliphatic rings. The van der Waals surface area contributed by atoms with Crippen LogP contribution in [0.15, 0.2) is 24.3 Å². The van der Waals surface area contributed by atoms with E-state index < -0.39 is 17.2 Å². The zero-order valence-corrected chi connectivity index (χ0v) is 14.3. The lowest BCUT2D eigenvalue weighted by atomic mass is 9.77. The molecule has 24 heavy (non-hydrogen) atoms. The van der Waals surface area contributed by atoms with E-state index in [0.717, 1.165) is 24.0 Å². The van der Waals surface area contributed by atoms with Crippen LogP contribution in [-0.2, 0) is 4.74 Å². The first kappa shape index (κ1) is 16.9. The SMILES string of the molecule is CC(C)(C)OC(=O)N1CC2C=C(c3ccc(F)c(F)c3)CC(C2)C1.